The second-order valence-corrected chi connectivity index (χ2v) is 8.51. The van der Waals surface area contributed by atoms with Gasteiger partial charge in [-0.1, -0.05) is 13.0 Å². The lowest BCUT2D eigenvalue weighted by atomic mass is 9.55. The number of hydrogen-bond donors (Lipinski definition) is 0. The quantitative estimate of drug-likeness (QED) is 0.699. The Hall–Kier alpha value is -1.10. The van der Waals surface area contributed by atoms with Gasteiger partial charge in [0.15, 0.2) is 6.79 Å². The van der Waals surface area contributed by atoms with Crippen LogP contribution in [0, 0.1) is 17.3 Å². The molecule has 3 aliphatic rings. The van der Waals surface area contributed by atoms with E-state index in [1.165, 1.54) is 37.7 Å². The Labute approximate surface area is 157 Å². The molecule has 0 saturated heterocycles. The summed E-state index contributed by atoms with van der Waals surface area (Å²) in [5, 5.41) is 0. The van der Waals surface area contributed by atoms with Crippen molar-refractivity contribution < 1.29 is 18.9 Å². The summed E-state index contributed by atoms with van der Waals surface area (Å²) >= 11 is 0. The molecule has 0 aliphatic heterocycles. The number of aryl methyl sites for hydroxylation is 1. The highest BCUT2D eigenvalue weighted by molar-refractivity contribution is 5.40. The van der Waals surface area contributed by atoms with Gasteiger partial charge in [0, 0.05) is 14.2 Å². The van der Waals surface area contributed by atoms with Crippen LogP contribution in [0.2, 0.25) is 0 Å². The highest BCUT2D eigenvalue weighted by Gasteiger charge is 2.55. The van der Waals surface area contributed by atoms with Crippen LogP contribution in [-0.4, -0.2) is 33.9 Å². The first-order valence-corrected chi connectivity index (χ1v) is 10.0. The van der Waals surface area contributed by atoms with Crippen LogP contribution in [0.15, 0.2) is 18.2 Å². The summed E-state index contributed by atoms with van der Waals surface area (Å²) in [5.41, 5.74) is 3.36. The van der Waals surface area contributed by atoms with Crippen LogP contribution >= 0.6 is 0 Å². The van der Waals surface area contributed by atoms with E-state index in [1.54, 1.807) is 19.8 Å². The monoisotopic (exact) mass is 360 g/mol. The summed E-state index contributed by atoms with van der Waals surface area (Å²) in [6, 6.07) is 6.67. The van der Waals surface area contributed by atoms with Crippen molar-refractivity contribution in [2.24, 2.45) is 17.3 Å². The smallest absolute Gasteiger partial charge is 0.188 e. The van der Waals surface area contributed by atoms with Crippen LogP contribution in [0.5, 0.6) is 5.75 Å². The molecule has 0 amide bonds. The van der Waals surface area contributed by atoms with Crippen molar-refractivity contribution in [1.82, 2.24) is 0 Å². The van der Waals surface area contributed by atoms with Gasteiger partial charge >= 0.3 is 0 Å². The van der Waals surface area contributed by atoms with Gasteiger partial charge in [0.2, 0.25) is 0 Å². The Kier molecular flexibility index (Phi) is 5.27. The molecule has 3 aliphatic carbocycles. The van der Waals surface area contributed by atoms with Crippen molar-refractivity contribution >= 4 is 0 Å². The first-order chi connectivity index (χ1) is 12.7. The molecule has 1 aromatic rings. The highest BCUT2D eigenvalue weighted by atomic mass is 16.7. The zero-order valence-electron chi connectivity index (χ0n) is 16.3. The molecule has 0 aromatic heterocycles. The van der Waals surface area contributed by atoms with Crippen molar-refractivity contribution in [2.75, 3.05) is 27.8 Å². The Bertz CT molecular complexity index is 631. The predicted molar refractivity (Wildman–Crippen MR) is 100 cm³/mol. The maximum atomic E-state index is 6.08. The van der Waals surface area contributed by atoms with Crippen LogP contribution in [0.3, 0.4) is 0 Å². The van der Waals surface area contributed by atoms with Crippen LogP contribution in [0.4, 0.5) is 0 Å². The van der Waals surface area contributed by atoms with E-state index in [9.17, 15) is 0 Å². The Morgan fingerprint density at radius 2 is 1.88 bits per heavy atom. The highest BCUT2D eigenvalue weighted by Crippen LogP contribution is 2.61. The number of benzene rings is 1. The molecule has 2 saturated carbocycles. The van der Waals surface area contributed by atoms with Gasteiger partial charge < -0.3 is 18.9 Å². The van der Waals surface area contributed by atoms with Gasteiger partial charge in [-0.15, -0.1) is 0 Å². The van der Waals surface area contributed by atoms with Crippen molar-refractivity contribution in [3.8, 4) is 5.75 Å². The van der Waals surface area contributed by atoms with Gasteiger partial charge in [0.25, 0.3) is 0 Å². The van der Waals surface area contributed by atoms with E-state index in [0.717, 1.165) is 24.0 Å². The summed E-state index contributed by atoms with van der Waals surface area (Å²) in [4.78, 5) is 0. The summed E-state index contributed by atoms with van der Waals surface area (Å²) < 4.78 is 21.9. The van der Waals surface area contributed by atoms with Crippen molar-refractivity contribution in [3.63, 3.8) is 0 Å². The molecule has 0 N–H and O–H groups in total. The number of methoxy groups -OCH3 is 2. The van der Waals surface area contributed by atoms with Crippen LogP contribution < -0.4 is 4.74 Å². The molecule has 1 aromatic carbocycles. The zero-order chi connectivity index (χ0) is 18.1. The third-order valence-corrected chi connectivity index (χ3v) is 7.34. The average Bonchev–Trinajstić information content (AvgIpc) is 3.00. The average molecular weight is 360 g/mol. The molecule has 0 unspecified atom stereocenters. The summed E-state index contributed by atoms with van der Waals surface area (Å²) in [6.07, 6.45) is 7.84. The molecule has 0 heterocycles. The standard InChI is InChI=1S/C22H32O4/c1-22-11-10-18-17-7-5-16(25-13-23-2)12-15(17)4-6-19(18)20(22)8-9-21(22)26-14-24-3/h5,7,12,18-21H,4,6,8-11,13-14H2,1-3H3/t18-,19+,20+,21-,22-/m0/s1. The minimum atomic E-state index is 0.314. The third-order valence-electron chi connectivity index (χ3n) is 7.34. The largest absolute Gasteiger partial charge is 0.468 e. The second kappa shape index (κ2) is 7.49. The van der Waals surface area contributed by atoms with E-state index in [-0.39, 0.29) is 0 Å². The van der Waals surface area contributed by atoms with Crippen LogP contribution in [0.1, 0.15) is 56.1 Å². The topological polar surface area (TPSA) is 36.9 Å². The molecule has 4 rings (SSSR count). The van der Waals surface area contributed by atoms with Gasteiger partial charge in [-0.3, -0.25) is 0 Å². The zero-order valence-corrected chi connectivity index (χ0v) is 16.3. The minimum Gasteiger partial charge on any atom is -0.468 e. The maximum absolute atomic E-state index is 6.08. The molecule has 4 nitrogen and oxygen atoms in total. The van der Waals surface area contributed by atoms with Crippen molar-refractivity contribution in [3.05, 3.63) is 29.3 Å². The van der Waals surface area contributed by atoms with Crippen molar-refractivity contribution in [1.29, 1.82) is 0 Å². The Morgan fingerprint density at radius 3 is 2.69 bits per heavy atom. The fourth-order valence-electron chi connectivity index (χ4n) is 6.15. The number of fused-ring (bicyclic) bond motifs is 5. The summed E-state index contributed by atoms with van der Waals surface area (Å²) in [5.74, 6) is 3.21. The molecule has 26 heavy (non-hydrogen) atoms. The van der Waals surface area contributed by atoms with Crippen LogP contribution in [-0.2, 0) is 20.6 Å². The molecule has 144 valence electrons. The lowest BCUT2D eigenvalue weighted by molar-refractivity contribution is -0.125. The van der Waals surface area contributed by atoms with Gasteiger partial charge in [0.05, 0.1) is 6.10 Å². The van der Waals surface area contributed by atoms with E-state index in [1.807, 2.05) is 0 Å². The fraction of sp³-hybridized carbons (Fsp3) is 0.727. The first kappa shape index (κ1) is 18.3. The van der Waals surface area contributed by atoms with E-state index < -0.39 is 0 Å². The first-order valence-electron chi connectivity index (χ1n) is 10.0. The van der Waals surface area contributed by atoms with Gasteiger partial charge in [0.1, 0.15) is 12.5 Å². The molecular weight excluding hydrogens is 328 g/mol. The Balaban J connectivity index is 1.53. The van der Waals surface area contributed by atoms with Gasteiger partial charge in [-0.2, -0.15) is 0 Å². The summed E-state index contributed by atoms with van der Waals surface area (Å²) in [6.45, 7) is 3.21. The van der Waals surface area contributed by atoms with Crippen molar-refractivity contribution in [2.45, 2.75) is 57.5 Å². The maximum Gasteiger partial charge on any atom is 0.188 e. The normalized spacial score (nSPS) is 35.5. The predicted octanol–water partition coefficient (Wildman–Crippen LogP) is 4.51. The molecule has 0 bridgehead atoms. The molecule has 5 atom stereocenters. The van der Waals surface area contributed by atoms with Gasteiger partial charge in [-0.25, -0.2) is 0 Å². The summed E-state index contributed by atoms with van der Waals surface area (Å²) in [7, 11) is 3.38. The molecule has 4 heteroatoms. The third kappa shape index (κ3) is 3.06. The van der Waals surface area contributed by atoms with E-state index in [2.05, 4.69) is 25.1 Å². The molecular formula is C22H32O4. The number of hydrogen-bond acceptors (Lipinski definition) is 4. The lowest BCUT2D eigenvalue weighted by Gasteiger charge is -2.50. The van der Waals surface area contributed by atoms with Crippen LogP contribution in [0.25, 0.3) is 0 Å². The second-order valence-electron chi connectivity index (χ2n) is 8.51. The fourth-order valence-corrected chi connectivity index (χ4v) is 6.15. The minimum absolute atomic E-state index is 0.314. The van der Waals surface area contributed by atoms with E-state index in [0.29, 0.717) is 31.0 Å². The molecule has 0 radical (unpaired) electrons. The SMILES string of the molecule is COCOc1ccc2c(c1)CC[C@H]1[C@H]3CC[C@H](OCOC)[C@@]3(C)CC[C@@H]21. The van der Waals surface area contributed by atoms with E-state index >= 15 is 0 Å². The van der Waals surface area contributed by atoms with E-state index in [4.69, 9.17) is 18.9 Å². The lowest BCUT2D eigenvalue weighted by Crippen LogP contribution is -2.44. The molecule has 0 spiro atoms. The number of rotatable bonds is 6. The molecule has 2 fully saturated rings. The van der Waals surface area contributed by atoms with Gasteiger partial charge in [-0.05, 0) is 85.0 Å². The number of ether oxygens (including phenoxy) is 4. The Morgan fingerprint density at radius 1 is 1.04 bits per heavy atom.